The summed E-state index contributed by atoms with van der Waals surface area (Å²) in [7, 11) is -4.09. The molecule has 0 spiro atoms. The highest BCUT2D eigenvalue weighted by Gasteiger charge is 2.34. The fraction of sp³-hybridized carbons (Fsp3) is 0.375. The first-order valence-electron chi connectivity index (χ1n) is 13.7. The second kappa shape index (κ2) is 13.6. The number of hydrogen-bond donors (Lipinski definition) is 1. The van der Waals surface area contributed by atoms with Crippen molar-refractivity contribution in [2.24, 2.45) is 5.92 Å². The molecule has 0 unspecified atom stereocenters. The number of aryl methyl sites for hydroxylation is 3. The highest BCUT2D eigenvalue weighted by Crippen LogP contribution is 2.28. The molecule has 7 nitrogen and oxygen atoms in total. The molecular weight excluding hydrogens is 522 g/mol. The van der Waals surface area contributed by atoms with Gasteiger partial charge in [-0.05, 0) is 68.0 Å². The Morgan fingerprint density at radius 2 is 1.45 bits per heavy atom. The van der Waals surface area contributed by atoms with E-state index in [1.807, 2.05) is 77.9 Å². The molecule has 1 atom stereocenters. The highest BCUT2D eigenvalue weighted by atomic mass is 32.2. The SMILES string of the molecule is CC[C@H](C(=O)NCC(C)C)N(Cc1ccccc1C)C(=O)CN(c1ccccc1C)S(=O)(=O)c1ccc(C)cc1. The minimum atomic E-state index is -4.09. The van der Waals surface area contributed by atoms with Crippen molar-refractivity contribution < 1.29 is 18.0 Å². The van der Waals surface area contributed by atoms with E-state index < -0.39 is 28.5 Å². The molecule has 0 fully saturated rings. The van der Waals surface area contributed by atoms with Gasteiger partial charge in [-0.25, -0.2) is 8.42 Å². The standard InChI is InChI=1S/C32H41N3O4S/c1-7-29(32(37)33-20-23(2)3)34(21-27-14-10-8-12-25(27)5)31(36)22-35(30-15-11-9-13-26(30)6)40(38,39)28-18-16-24(4)17-19-28/h8-19,23,29H,7,20-22H2,1-6H3,(H,33,37)/t29-/m1/s1. The van der Waals surface area contributed by atoms with Crippen LogP contribution in [0.15, 0.2) is 77.7 Å². The van der Waals surface area contributed by atoms with E-state index in [9.17, 15) is 18.0 Å². The first-order chi connectivity index (χ1) is 18.9. The molecule has 214 valence electrons. The third-order valence-corrected chi connectivity index (χ3v) is 8.72. The summed E-state index contributed by atoms with van der Waals surface area (Å²) < 4.78 is 29.2. The Balaban J connectivity index is 2.07. The molecule has 8 heteroatoms. The van der Waals surface area contributed by atoms with Crippen molar-refractivity contribution in [1.29, 1.82) is 0 Å². The summed E-state index contributed by atoms with van der Waals surface area (Å²) >= 11 is 0. The van der Waals surface area contributed by atoms with Gasteiger partial charge in [-0.2, -0.15) is 0 Å². The van der Waals surface area contributed by atoms with Crippen LogP contribution in [0.2, 0.25) is 0 Å². The normalized spacial score (nSPS) is 12.2. The van der Waals surface area contributed by atoms with Crippen molar-refractivity contribution >= 4 is 27.5 Å². The predicted octanol–water partition coefficient (Wildman–Crippen LogP) is 5.39. The van der Waals surface area contributed by atoms with Gasteiger partial charge in [0.15, 0.2) is 0 Å². The number of sulfonamides is 1. The molecule has 2 amide bonds. The highest BCUT2D eigenvalue weighted by molar-refractivity contribution is 7.92. The number of benzene rings is 3. The lowest BCUT2D eigenvalue weighted by Gasteiger charge is -2.34. The number of hydrogen-bond acceptors (Lipinski definition) is 4. The van der Waals surface area contributed by atoms with Gasteiger partial charge < -0.3 is 10.2 Å². The second-order valence-corrected chi connectivity index (χ2v) is 12.5. The van der Waals surface area contributed by atoms with E-state index in [2.05, 4.69) is 5.32 Å². The van der Waals surface area contributed by atoms with Crippen LogP contribution in [-0.4, -0.2) is 44.3 Å². The lowest BCUT2D eigenvalue weighted by atomic mass is 10.1. The first kappa shape index (κ1) is 30.9. The van der Waals surface area contributed by atoms with Crippen molar-refractivity contribution in [3.8, 4) is 0 Å². The predicted molar refractivity (Wildman–Crippen MR) is 161 cm³/mol. The number of rotatable bonds is 12. The lowest BCUT2D eigenvalue weighted by molar-refractivity contribution is -0.140. The van der Waals surface area contributed by atoms with Gasteiger partial charge in [0, 0.05) is 13.1 Å². The number of nitrogens with one attached hydrogen (secondary N) is 1. The van der Waals surface area contributed by atoms with Crippen molar-refractivity contribution in [2.75, 3.05) is 17.4 Å². The molecule has 0 aromatic heterocycles. The maximum atomic E-state index is 14.2. The zero-order chi connectivity index (χ0) is 29.4. The summed E-state index contributed by atoms with van der Waals surface area (Å²) in [5, 5.41) is 2.96. The summed E-state index contributed by atoms with van der Waals surface area (Å²) in [5.41, 5.74) is 3.96. The van der Waals surface area contributed by atoms with Crippen LogP contribution in [0.5, 0.6) is 0 Å². The average Bonchev–Trinajstić information content (AvgIpc) is 2.92. The van der Waals surface area contributed by atoms with Crippen molar-refractivity contribution in [2.45, 2.75) is 65.4 Å². The van der Waals surface area contributed by atoms with Gasteiger partial charge in [-0.3, -0.25) is 13.9 Å². The number of carbonyl (C=O) groups is 2. The summed E-state index contributed by atoms with van der Waals surface area (Å²) in [6.07, 6.45) is 0.386. The van der Waals surface area contributed by atoms with E-state index in [0.717, 1.165) is 22.3 Å². The molecule has 3 aromatic carbocycles. The molecule has 0 radical (unpaired) electrons. The largest absolute Gasteiger partial charge is 0.354 e. The van der Waals surface area contributed by atoms with Gasteiger partial charge in [0.25, 0.3) is 10.0 Å². The van der Waals surface area contributed by atoms with Gasteiger partial charge >= 0.3 is 0 Å². The Morgan fingerprint density at radius 3 is 2.02 bits per heavy atom. The number of amides is 2. The minimum absolute atomic E-state index is 0.0984. The third kappa shape index (κ3) is 7.50. The quantitative estimate of drug-likeness (QED) is 0.320. The molecule has 1 N–H and O–H groups in total. The number of anilines is 1. The van der Waals surface area contributed by atoms with E-state index >= 15 is 0 Å². The van der Waals surface area contributed by atoms with E-state index in [0.29, 0.717) is 18.7 Å². The van der Waals surface area contributed by atoms with Crippen LogP contribution in [-0.2, 0) is 26.2 Å². The molecule has 0 aliphatic carbocycles. The van der Waals surface area contributed by atoms with Crippen LogP contribution in [0, 0.1) is 26.7 Å². The maximum absolute atomic E-state index is 14.2. The summed E-state index contributed by atoms with van der Waals surface area (Å²) in [6.45, 7) is 11.8. The van der Waals surface area contributed by atoms with E-state index in [4.69, 9.17) is 0 Å². The Hall–Kier alpha value is -3.65. The summed E-state index contributed by atoms with van der Waals surface area (Å²) in [4.78, 5) is 29.1. The van der Waals surface area contributed by atoms with E-state index in [1.165, 1.54) is 9.21 Å². The smallest absolute Gasteiger partial charge is 0.264 e. The van der Waals surface area contributed by atoms with Crippen molar-refractivity contribution in [1.82, 2.24) is 10.2 Å². The summed E-state index contributed by atoms with van der Waals surface area (Å²) in [5.74, 6) is -0.450. The van der Waals surface area contributed by atoms with E-state index in [1.54, 1.807) is 36.4 Å². The molecule has 0 aliphatic rings. The Kier molecular flexibility index (Phi) is 10.5. The third-order valence-electron chi connectivity index (χ3n) is 6.94. The molecule has 0 bridgehead atoms. The Morgan fingerprint density at radius 1 is 0.850 bits per heavy atom. The maximum Gasteiger partial charge on any atom is 0.264 e. The Bertz CT molecular complexity index is 1420. The lowest BCUT2D eigenvalue weighted by Crippen LogP contribution is -2.52. The van der Waals surface area contributed by atoms with Crippen LogP contribution in [0.4, 0.5) is 5.69 Å². The van der Waals surface area contributed by atoms with Gasteiger partial charge in [0.2, 0.25) is 11.8 Å². The molecule has 0 saturated carbocycles. The molecular formula is C32H41N3O4S. The molecule has 0 saturated heterocycles. The van der Waals surface area contributed by atoms with Gasteiger partial charge in [0.05, 0.1) is 10.6 Å². The molecule has 0 aliphatic heterocycles. The molecule has 3 rings (SSSR count). The molecule has 0 heterocycles. The fourth-order valence-corrected chi connectivity index (χ4v) is 5.99. The van der Waals surface area contributed by atoms with E-state index in [-0.39, 0.29) is 23.3 Å². The summed E-state index contributed by atoms with van der Waals surface area (Å²) in [6, 6.07) is 20.6. The van der Waals surface area contributed by atoms with Crippen LogP contribution in [0.3, 0.4) is 0 Å². The zero-order valence-electron chi connectivity index (χ0n) is 24.3. The van der Waals surface area contributed by atoms with Crippen molar-refractivity contribution in [3.63, 3.8) is 0 Å². The molecule has 3 aromatic rings. The van der Waals surface area contributed by atoms with Crippen LogP contribution in [0.25, 0.3) is 0 Å². The fourth-order valence-electron chi connectivity index (χ4n) is 4.51. The Labute approximate surface area is 239 Å². The van der Waals surface area contributed by atoms with Gasteiger partial charge in [-0.1, -0.05) is 80.9 Å². The zero-order valence-corrected chi connectivity index (χ0v) is 25.2. The number of nitrogens with zero attached hydrogens (tertiary/aromatic N) is 2. The minimum Gasteiger partial charge on any atom is -0.354 e. The van der Waals surface area contributed by atoms with Crippen LogP contribution < -0.4 is 9.62 Å². The first-order valence-corrected chi connectivity index (χ1v) is 15.2. The van der Waals surface area contributed by atoms with Gasteiger partial charge in [-0.15, -0.1) is 0 Å². The molecule has 40 heavy (non-hydrogen) atoms. The second-order valence-electron chi connectivity index (χ2n) is 10.6. The number of para-hydroxylation sites is 1. The van der Waals surface area contributed by atoms with Crippen LogP contribution in [0.1, 0.15) is 49.4 Å². The van der Waals surface area contributed by atoms with Crippen LogP contribution >= 0.6 is 0 Å². The topological polar surface area (TPSA) is 86.8 Å². The average molecular weight is 564 g/mol. The van der Waals surface area contributed by atoms with Crippen molar-refractivity contribution in [3.05, 3.63) is 95.1 Å². The monoisotopic (exact) mass is 563 g/mol. The number of carbonyl (C=O) groups excluding carboxylic acids is 2. The van der Waals surface area contributed by atoms with Gasteiger partial charge in [0.1, 0.15) is 12.6 Å².